The summed E-state index contributed by atoms with van der Waals surface area (Å²) in [4.78, 5) is 0. The molecule has 0 saturated carbocycles. The third-order valence-corrected chi connectivity index (χ3v) is 5.67. The van der Waals surface area contributed by atoms with E-state index in [2.05, 4.69) is 48.7 Å². The first kappa shape index (κ1) is 14.2. The Morgan fingerprint density at radius 1 is 1.09 bits per heavy atom. The van der Waals surface area contributed by atoms with Gasteiger partial charge in [0.15, 0.2) is 0 Å². The molecule has 1 nitrogen and oxygen atoms in total. The standard InChI is InChI=1S/C19H17Cl2N/c1-11-8-9-17-15(10-11)12-4-2-5-13(12)19(22-17)14-6-3-7-16(20)18(14)21/h2-4,6-10,12-13,19,22H,5H2,1H3/t12-,13-,19+/m1/s1. The molecule has 0 aromatic heterocycles. The highest BCUT2D eigenvalue weighted by Gasteiger charge is 2.38. The van der Waals surface area contributed by atoms with E-state index in [9.17, 15) is 0 Å². The molecule has 3 heteroatoms. The minimum atomic E-state index is 0.196. The van der Waals surface area contributed by atoms with Gasteiger partial charge in [0.25, 0.3) is 0 Å². The highest BCUT2D eigenvalue weighted by Crippen LogP contribution is 2.51. The van der Waals surface area contributed by atoms with Crippen LogP contribution in [0.25, 0.3) is 0 Å². The number of anilines is 1. The maximum absolute atomic E-state index is 6.48. The minimum absolute atomic E-state index is 0.196. The minimum Gasteiger partial charge on any atom is -0.378 e. The Kier molecular flexibility index (Phi) is 3.43. The number of benzene rings is 2. The van der Waals surface area contributed by atoms with Crippen LogP contribution in [-0.2, 0) is 0 Å². The molecule has 0 bridgehead atoms. The van der Waals surface area contributed by atoms with Crippen molar-refractivity contribution >= 4 is 28.9 Å². The zero-order valence-electron chi connectivity index (χ0n) is 12.3. The Labute approximate surface area is 140 Å². The summed E-state index contributed by atoms with van der Waals surface area (Å²) in [6.07, 6.45) is 5.70. The van der Waals surface area contributed by atoms with Gasteiger partial charge in [-0.15, -0.1) is 0 Å². The van der Waals surface area contributed by atoms with Crippen LogP contribution in [-0.4, -0.2) is 0 Å². The van der Waals surface area contributed by atoms with Crippen LogP contribution >= 0.6 is 23.2 Å². The van der Waals surface area contributed by atoms with E-state index in [0.717, 1.165) is 12.0 Å². The molecule has 112 valence electrons. The van der Waals surface area contributed by atoms with Gasteiger partial charge in [-0.1, -0.05) is 65.2 Å². The third kappa shape index (κ3) is 2.15. The van der Waals surface area contributed by atoms with Crippen molar-refractivity contribution < 1.29 is 0 Å². The Morgan fingerprint density at radius 2 is 1.95 bits per heavy atom. The predicted octanol–water partition coefficient (Wildman–Crippen LogP) is 6.13. The van der Waals surface area contributed by atoms with Gasteiger partial charge in [-0.05, 0) is 42.5 Å². The molecule has 2 aromatic rings. The lowest BCUT2D eigenvalue weighted by Crippen LogP contribution is -2.29. The normalized spacial score (nSPS) is 25.5. The van der Waals surface area contributed by atoms with Crippen molar-refractivity contribution in [1.29, 1.82) is 0 Å². The van der Waals surface area contributed by atoms with Gasteiger partial charge in [-0.3, -0.25) is 0 Å². The first-order valence-electron chi connectivity index (χ1n) is 7.63. The quantitative estimate of drug-likeness (QED) is 0.620. The Morgan fingerprint density at radius 3 is 2.82 bits per heavy atom. The Bertz CT molecular complexity index is 766. The first-order valence-corrected chi connectivity index (χ1v) is 8.38. The molecule has 2 aromatic carbocycles. The molecule has 1 aliphatic carbocycles. The van der Waals surface area contributed by atoms with Crippen LogP contribution in [0.1, 0.15) is 35.1 Å². The molecular weight excluding hydrogens is 313 g/mol. The number of rotatable bonds is 1. The van der Waals surface area contributed by atoms with Gasteiger partial charge in [0.2, 0.25) is 0 Å². The van der Waals surface area contributed by atoms with E-state index in [4.69, 9.17) is 23.2 Å². The number of aryl methyl sites for hydroxylation is 1. The Hall–Kier alpha value is -1.44. The summed E-state index contributed by atoms with van der Waals surface area (Å²) in [6, 6.07) is 12.7. The summed E-state index contributed by atoms with van der Waals surface area (Å²) in [7, 11) is 0. The first-order chi connectivity index (χ1) is 10.6. The molecule has 0 unspecified atom stereocenters. The van der Waals surface area contributed by atoms with Crippen molar-refractivity contribution in [2.45, 2.75) is 25.3 Å². The molecular formula is C19H17Cl2N. The number of fused-ring (bicyclic) bond motifs is 3. The van der Waals surface area contributed by atoms with E-state index >= 15 is 0 Å². The van der Waals surface area contributed by atoms with Gasteiger partial charge in [0.05, 0.1) is 16.1 Å². The van der Waals surface area contributed by atoms with E-state index in [0.29, 0.717) is 21.9 Å². The fourth-order valence-electron chi connectivity index (χ4n) is 3.78. The van der Waals surface area contributed by atoms with Gasteiger partial charge in [-0.25, -0.2) is 0 Å². The second-order valence-electron chi connectivity index (χ2n) is 6.21. The van der Waals surface area contributed by atoms with Crippen LogP contribution in [0.15, 0.2) is 48.6 Å². The number of halogens is 2. The highest BCUT2D eigenvalue weighted by molar-refractivity contribution is 6.42. The smallest absolute Gasteiger partial charge is 0.0645 e. The highest BCUT2D eigenvalue weighted by atomic mass is 35.5. The van der Waals surface area contributed by atoms with Crippen LogP contribution in [0, 0.1) is 12.8 Å². The van der Waals surface area contributed by atoms with Gasteiger partial charge >= 0.3 is 0 Å². The number of hydrogen-bond donors (Lipinski definition) is 1. The molecule has 3 atom stereocenters. The van der Waals surface area contributed by atoms with E-state index < -0.39 is 0 Å². The molecule has 2 aliphatic rings. The SMILES string of the molecule is Cc1ccc2c(c1)[C@@H]1C=CC[C@H]1[C@@H](c1cccc(Cl)c1Cl)N2. The topological polar surface area (TPSA) is 12.0 Å². The lowest BCUT2D eigenvalue weighted by molar-refractivity contribution is 0.425. The van der Waals surface area contributed by atoms with Gasteiger partial charge in [0.1, 0.15) is 0 Å². The van der Waals surface area contributed by atoms with E-state index in [1.807, 2.05) is 12.1 Å². The van der Waals surface area contributed by atoms with Crippen LogP contribution in [0.4, 0.5) is 5.69 Å². The van der Waals surface area contributed by atoms with Gasteiger partial charge in [0, 0.05) is 11.6 Å². The molecule has 1 heterocycles. The molecule has 0 spiro atoms. The van der Waals surface area contributed by atoms with Gasteiger partial charge in [-0.2, -0.15) is 0 Å². The zero-order chi connectivity index (χ0) is 15.3. The van der Waals surface area contributed by atoms with Crippen LogP contribution in [0.3, 0.4) is 0 Å². The van der Waals surface area contributed by atoms with Crippen molar-refractivity contribution in [2.24, 2.45) is 5.92 Å². The molecule has 0 radical (unpaired) electrons. The van der Waals surface area contributed by atoms with Crippen LogP contribution < -0.4 is 5.32 Å². The van der Waals surface area contributed by atoms with Crippen molar-refractivity contribution in [2.75, 3.05) is 5.32 Å². The van der Waals surface area contributed by atoms with E-state index in [-0.39, 0.29) is 6.04 Å². The molecule has 1 aliphatic heterocycles. The van der Waals surface area contributed by atoms with E-state index in [1.165, 1.54) is 16.8 Å². The summed E-state index contributed by atoms with van der Waals surface area (Å²) < 4.78 is 0. The molecule has 0 fully saturated rings. The summed E-state index contributed by atoms with van der Waals surface area (Å²) in [6.45, 7) is 2.15. The largest absolute Gasteiger partial charge is 0.378 e. The molecule has 0 saturated heterocycles. The van der Waals surface area contributed by atoms with Crippen molar-refractivity contribution in [3.63, 3.8) is 0 Å². The van der Waals surface area contributed by atoms with E-state index in [1.54, 1.807) is 0 Å². The number of nitrogens with one attached hydrogen (secondary N) is 1. The summed E-state index contributed by atoms with van der Waals surface area (Å²) in [5.74, 6) is 0.946. The third-order valence-electron chi connectivity index (χ3n) is 4.83. The fraction of sp³-hybridized carbons (Fsp3) is 0.263. The van der Waals surface area contributed by atoms with Gasteiger partial charge < -0.3 is 5.32 Å². The second-order valence-corrected chi connectivity index (χ2v) is 6.99. The maximum atomic E-state index is 6.48. The molecule has 0 amide bonds. The average molecular weight is 330 g/mol. The summed E-state index contributed by atoms with van der Waals surface area (Å²) >= 11 is 12.7. The van der Waals surface area contributed by atoms with Crippen molar-refractivity contribution in [1.82, 2.24) is 0 Å². The monoisotopic (exact) mass is 329 g/mol. The predicted molar refractivity (Wildman–Crippen MR) is 94.0 cm³/mol. The fourth-order valence-corrected chi connectivity index (χ4v) is 4.21. The average Bonchev–Trinajstić information content (AvgIpc) is 2.99. The van der Waals surface area contributed by atoms with Crippen molar-refractivity contribution in [3.8, 4) is 0 Å². The van der Waals surface area contributed by atoms with Crippen LogP contribution in [0.2, 0.25) is 10.0 Å². The molecule has 22 heavy (non-hydrogen) atoms. The zero-order valence-corrected chi connectivity index (χ0v) is 13.8. The molecule has 1 N–H and O–H groups in total. The second kappa shape index (κ2) is 5.33. The van der Waals surface area contributed by atoms with Crippen LogP contribution in [0.5, 0.6) is 0 Å². The number of allylic oxidation sites excluding steroid dienone is 2. The van der Waals surface area contributed by atoms with Crippen molar-refractivity contribution in [3.05, 3.63) is 75.3 Å². The summed E-state index contributed by atoms with van der Waals surface area (Å²) in [5.41, 5.74) is 5.01. The lowest BCUT2D eigenvalue weighted by atomic mass is 9.76. The Balaban J connectivity index is 1.83. The lowest BCUT2D eigenvalue weighted by Gasteiger charge is -2.38. The molecule has 4 rings (SSSR count). The number of hydrogen-bond acceptors (Lipinski definition) is 1. The summed E-state index contributed by atoms with van der Waals surface area (Å²) in [5, 5.41) is 4.99. The maximum Gasteiger partial charge on any atom is 0.0645 e.